The molecule has 7 nitrogen and oxygen atoms in total. The quantitative estimate of drug-likeness (QED) is 0.367. The number of benzene rings is 3. The number of hydrogen-bond acceptors (Lipinski definition) is 4. The molecule has 3 aromatic carbocycles. The molecule has 1 aliphatic heterocycles. The molecule has 1 aromatic heterocycles. The summed E-state index contributed by atoms with van der Waals surface area (Å²) in [6.45, 7) is 3.32. The summed E-state index contributed by atoms with van der Waals surface area (Å²) in [6.07, 6.45) is 1.13. The number of fused-ring (bicyclic) bond motifs is 1. The van der Waals surface area contributed by atoms with Gasteiger partial charge in [0, 0.05) is 49.7 Å². The number of cyclic esters (lactones) is 1. The molecule has 0 aliphatic carbocycles. The van der Waals surface area contributed by atoms with Crippen LogP contribution >= 0.6 is 0 Å². The van der Waals surface area contributed by atoms with E-state index in [4.69, 9.17) is 4.74 Å². The van der Waals surface area contributed by atoms with Gasteiger partial charge in [-0.1, -0.05) is 42.5 Å². The Morgan fingerprint density at radius 3 is 2.62 bits per heavy atom. The Morgan fingerprint density at radius 1 is 1.08 bits per heavy atom. The van der Waals surface area contributed by atoms with Crippen molar-refractivity contribution < 1.29 is 18.7 Å². The maximum Gasteiger partial charge on any atom is 0.414 e. The van der Waals surface area contributed by atoms with Gasteiger partial charge in [0.15, 0.2) is 0 Å². The Kier molecular flexibility index (Phi) is 6.92. The van der Waals surface area contributed by atoms with Gasteiger partial charge in [-0.25, -0.2) is 9.18 Å². The van der Waals surface area contributed by atoms with Crippen molar-refractivity contribution in [3.8, 4) is 11.1 Å². The number of halogens is 1. The third-order valence-corrected chi connectivity index (χ3v) is 6.61. The summed E-state index contributed by atoms with van der Waals surface area (Å²) in [6, 6.07) is 20.9. The van der Waals surface area contributed by atoms with Crippen molar-refractivity contribution in [3.05, 3.63) is 89.9 Å². The van der Waals surface area contributed by atoms with Crippen molar-refractivity contribution in [2.75, 3.05) is 18.0 Å². The zero-order valence-corrected chi connectivity index (χ0v) is 20.8. The van der Waals surface area contributed by atoms with Crippen LogP contribution in [-0.4, -0.2) is 35.8 Å². The summed E-state index contributed by atoms with van der Waals surface area (Å²) < 4.78 is 22.4. The minimum absolute atomic E-state index is 0.198. The highest BCUT2D eigenvalue weighted by Gasteiger charge is 2.32. The molecule has 1 atom stereocenters. The van der Waals surface area contributed by atoms with E-state index < -0.39 is 18.0 Å². The van der Waals surface area contributed by atoms with Crippen LogP contribution < -0.4 is 15.5 Å². The summed E-state index contributed by atoms with van der Waals surface area (Å²) in [5.74, 6) is -0.617. The van der Waals surface area contributed by atoms with Crippen molar-refractivity contribution in [1.29, 1.82) is 0 Å². The zero-order valence-electron chi connectivity index (χ0n) is 20.8. The van der Waals surface area contributed by atoms with Gasteiger partial charge >= 0.3 is 6.09 Å². The summed E-state index contributed by atoms with van der Waals surface area (Å²) >= 11 is 0. The van der Waals surface area contributed by atoms with Crippen molar-refractivity contribution in [2.24, 2.45) is 7.05 Å². The molecular formula is C29H29FN4O3. The largest absolute Gasteiger partial charge is 0.442 e. The van der Waals surface area contributed by atoms with Crippen LogP contribution in [0.3, 0.4) is 0 Å². The molecule has 190 valence electrons. The molecule has 5 rings (SSSR count). The summed E-state index contributed by atoms with van der Waals surface area (Å²) in [5, 5.41) is 7.38. The minimum Gasteiger partial charge on any atom is -0.442 e. The van der Waals surface area contributed by atoms with E-state index in [1.807, 2.05) is 30.3 Å². The van der Waals surface area contributed by atoms with Gasteiger partial charge in [-0.15, -0.1) is 0 Å². The lowest BCUT2D eigenvalue weighted by Gasteiger charge is -2.15. The van der Waals surface area contributed by atoms with Crippen LogP contribution in [0.4, 0.5) is 14.9 Å². The number of aryl methyl sites for hydroxylation is 1. The number of aromatic nitrogens is 1. The normalized spacial score (nSPS) is 15.3. The van der Waals surface area contributed by atoms with Crippen molar-refractivity contribution >= 4 is 28.6 Å². The Labute approximate surface area is 214 Å². The summed E-state index contributed by atoms with van der Waals surface area (Å²) in [7, 11) is 2.05. The topological polar surface area (TPSA) is 75.6 Å². The Bertz CT molecular complexity index is 1450. The lowest BCUT2D eigenvalue weighted by atomic mass is 10.0. The second kappa shape index (κ2) is 10.4. The van der Waals surface area contributed by atoms with E-state index in [0.717, 1.165) is 17.7 Å². The van der Waals surface area contributed by atoms with E-state index in [0.29, 0.717) is 17.8 Å². The first-order valence-corrected chi connectivity index (χ1v) is 12.2. The van der Waals surface area contributed by atoms with E-state index in [9.17, 15) is 9.59 Å². The first-order chi connectivity index (χ1) is 17.9. The van der Waals surface area contributed by atoms with Crippen LogP contribution in [0.1, 0.15) is 18.1 Å². The number of anilines is 1. The molecule has 2 amide bonds. The molecule has 0 bridgehead atoms. The highest BCUT2D eigenvalue weighted by atomic mass is 19.1. The van der Waals surface area contributed by atoms with Crippen LogP contribution in [0.15, 0.2) is 72.9 Å². The van der Waals surface area contributed by atoms with Crippen LogP contribution in [0.25, 0.3) is 22.0 Å². The number of carbonyl (C=O) groups is 2. The predicted octanol–water partition coefficient (Wildman–Crippen LogP) is 4.74. The van der Waals surface area contributed by atoms with E-state index in [1.165, 1.54) is 34.4 Å². The Morgan fingerprint density at radius 2 is 1.86 bits per heavy atom. The smallest absolute Gasteiger partial charge is 0.414 e. The van der Waals surface area contributed by atoms with Gasteiger partial charge in [-0.3, -0.25) is 9.69 Å². The lowest BCUT2D eigenvalue weighted by molar-refractivity contribution is -0.119. The van der Waals surface area contributed by atoms with Crippen molar-refractivity contribution in [2.45, 2.75) is 26.1 Å². The number of ether oxygens (including phenoxy) is 1. The van der Waals surface area contributed by atoms with E-state index in [1.54, 1.807) is 12.1 Å². The Balaban J connectivity index is 1.21. The maximum atomic E-state index is 15.0. The number of carbonyl (C=O) groups excluding carboxylic acids is 2. The summed E-state index contributed by atoms with van der Waals surface area (Å²) in [5.41, 5.74) is 5.20. The molecule has 8 heteroatoms. The van der Waals surface area contributed by atoms with Gasteiger partial charge in [0.05, 0.1) is 18.8 Å². The number of nitrogens with zero attached hydrogens (tertiary/aromatic N) is 2. The van der Waals surface area contributed by atoms with Crippen molar-refractivity contribution in [1.82, 2.24) is 15.2 Å². The minimum atomic E-state index is -0.553. The SMILES string of the molecule is CC(=O)NCC1CN(c2ccc(-c3ccc(CNCc4cn(C)c5ccccc45)cc3)c(F)c2)C(=O)O1. The van der Waals surface area contributed by atoms with Gasteiger partial charge < -0.3 is 19.9 Å². The first kappa shape index (κ1) is 24.5. The number of rotatable bonds is 8. The Hall–Kier alpha value is -4.17. The van der Waals surface area contributed by atoms with Crippen LogP contribution in [0, 0.1) is 5.82 Å². The second-order valence-corrected chi connectivity index (χ2v) is 9.30. The van der Waals surface area contributed by atoms with E-state index >= 15 is 4.39 Å². The molecule has 37 heavy (non-hydrogen) atoms. The second-order valence-electron chi connectivity index (χ2n) is 9.30. The fraction of sp³-hybridized carbons (Fsp3) is 0.241. The molecule has 0 radical (unpaired) electrons. The highest BCUT2D eigenvalue weighted by molar-refractivity contribution is 5.90. The van der Waals surface area contributed by atoms with Crippen LogP contribution in [0.2, 0.25) is 0 Å². The number of hydrogen-bond donors (Lipinski definition) is 2. The first-order valence-electron chi connectivity index (χ1n) is 12.2. The molecule has 1 saturated heterocycles. The third-order valence-electron chi connectivity index (χ3n) is 6.61. The molecule has 0 spiro atoms. The molecule has 1 aliphatic rings. The average Bonchev–Trinajstić information content (AvgIpc) is 3.42. The lowest BCUT2D eigenvalue weighted by Crippen LogP contribution is -2.33. The molecule has 1 unspecified atom stereocenters. The van der Waals surface area contributed by atoms with Gasteiger partial charge in [-0.2, -0.15) is 0 Å². The zero-order chi connectivity index (χ0) is 25.9. The third kappa shape index (κ3) is 5.34. The predicted molar refractivity (Wildman–Crippen MR) is 142 cm³/mol. The standard InChI is InChI=1S/C29H29FN4O3/c1-19(35)32-16-24-18-34(29(36)37-24)23-11-12-25(27(30)13-23)21-9-7-20(8-10-21)14-31-15-22-17-33(2)28-6-4-3-5-26(22)28/h3-13,17,24,31H,14-16,18H2,1-2H3,(H,32,35). The van der Waals surface area contributed by atoms with E-state index in [2.05, 4.69) is 46.6 Å². The van der Waals surface area contributed by atoms with Gasteiger partial charge in [0.1, 0.15) is 11.9 Å². The fourth-order valence-corrected chi connectivity index (χ4v) is 4.71. The molecule has 1 fully saturated rings. The van der Waals surface area contributed by atoms with E-state index in [-0.39, 0.29) is 19.0 Å². The van der Waals surface area contributed by atoms with Gasteiger partial charge in [-0.05, 0) is 41.0 Å². The molecular weight excluding hydrogens is 471 g/mol. The summed E-state index contributed by atoms with van der Waals surface area (Å²) in [4.78, 5) is 24.7. The van der Waals surface area contributed by atoms with Crippen LogP contribution in [0.5, 0.6) is 0 Å². The maximum absolute atomic E-state index is 15.0. The average molecular weight is 501 g/mol. The van der Waals surface area contributed by atoms with Gasteiger partial charge in [0.25, 0.3) is 0 Å². The number of amides is 2. The van der Waals surface area contributed by atoms with Gasteiger partial charge in [0.2, 0.25) is 5.91 Å². The highest BCUT2D eigenvalue weighted by Crippen LogP contribution is 2.29. The van der Waals surface area contributed by atoms with Crippen molar-refractivity contribution in [3.63, 3.8) is 0 Å². The fourth-order valence-electron chi connectivity index (χ4n) is 4.71. The molecule has 0 saturated carbocycles. The molecule has 2 heterocycles. The molecule has 2 N–H and O–H groups in total. The van der Waals surface area contributed by atoms with Crippen LogP contribution in [-0.2, 0) is 29.7 Å². The number of nitrogens with one attached hydrogen (secondary N) is 2. The molecule has 4 aromatic rings. The monoisotopic (exact) mass is 500 g/mol. The number of para-hydroxylation sites is 1.